The number of nitro benzene ring substituents is 1. The van der Waals surface area contributed by atoms with E-state index >= 15 is 0 Å². The number of nitrogens with one attached hydrogen (secondary N) is 1. The number of halogens is 1. The van der Waals surface area contributed by atoms with Crippen LogP contribution in [0.5, 0.6) is 0 Å². The Balaban J connectivity index is 0.00000261. The molecule has 0 saturated heterocycles. The van der Waals surface area contributed by atoms with Gasteiger partial charge < -0.3 is 17.7 Å². The Kier molecular flexibility index (Phi) is 8.18. The first-order valence-corrected chi connectivity index (χ1v) is 9.13. The van der Waals surface area contributed by atoms with E-state index < -0.39 is 4.92 Å². The summed E-state index contributed by atoms with van der Waals surface area (Å²) in [5.41, 5.74) is 2.08. The van der Waals surface area contributed by atoms with E-state index in [1.54, 1.807) is 28.6 Å². The molecule has 0 aliphatic heterocycles. The molecule has 0 bridgehead atoms. The first kappa shape index (κ1) is 20.8. The SMILES string of the molecule is O=[N+]([O-])c1ccc(CNCCCSc2nnnn2-c2ccccc2)cc1.[Cl-]. The molecule has 3 rings (SSSR count). The van der Waals surface area contributed by atoms with Gasteiger partial charge in [0.05, 0.1) is 10.6 Å². The van der Waals surface area contributed by atoms with Gasteiger partial charge in [0.2, 0.25) is 5.16 Å². The van der Waals surface area contributed by atoms with Crippen LogP contribution in [-0.2, 0) is 6.54 Å². The molecule has 10 heteroatoms. The summed E-state index contributed by atoms with van der Waals surface area (Å²) in [6.07, 6.45) is 0.958. The Morgan fingerprint density at radius 3 is 2.56 bits per heavy atom. The van der Waals surface area contributed by atoms with Crippen molar-refractivity contribution in [1.82, 2.24) is 25.5 Å². The third kappa shape index (κ3) is 6.02. The fraction of sp³-hybridized carbons (Fsp3) is 0.235. The lowest BCUT2D eigenvalue weighted by Gasteiger charge is -2.06. The van der Waals surface area contributed by atoms with Crippen molar-refractivity contribution in [2.24, 2.45) is 0 Å². The van der Waals surface area contributed by atoms with Crippen LogP contribution in [0.15, 0.2) is 59.8 Å². The van der Waals surface area contributed by atoms with Crippen LogP contribution in [0.3, 0.4) is 0 Å². The van der Waals surface area contributed by atoms with Gasteiger partial charge in [-0.05, 0) is 41.1 Å². The Bertz CT molecular complexity index is 844. The number of benzene rings is 2. The van der Waals surface area contributed by atoms with Crippen LogP contribution in [0.25, 0.3) is 5.69 Å². The van der Waals surface area contributed by atoms with Crippen molar-refractivity contribution in [2.45, 2.75) is 18.1 Å². The molecule has 1 N–H and O–H groups in total. The number of hydrogen-bond acceptors (Lipinski definition) is 7. The summed E-state index contributed by atoms with van der Waals surface area (Å²) in [6.45, 7) is 1.53. The number of para-hydroxylation sites is 1. The molecule has 3 aromatic rings. The molecule has 1 heterocycles. The van der Waals surface area contributed by atoms with Crippen LogP contribution in [0, 0.1) is 10.1 Å². The zero-order chi connectivity index (χ0) is 18.2. The van der Waals surface area contributed by atoms with E-state index in [1.807, 2.05) is 30.3 Å². The van der Waals surface area contributed by atoms with Gasteiger partial charge in [-0.3, -0.25) is 10.1 Å². The van der Waals surface area contributed by atoms with Crippen LogP contribution >= 0.6 is 11.8 Å². The van der Waals surface area contributed by atoms with Gasteiger partial charge in [-0.15, -0.1) is 5.10 Å². The second kappa shape index (κ2) is 10.6. The summed E-state index contributed by atoms with van der Waals surface area (Å²) < 4.78 is 1.73. The van der Waals surface area contributed by atoms with E-state index in [0.717, 1.165) is 35.1 Å². The molecule has 8 nitrogen and oxygen atoms in total. The van der Waals surface area contributed by atoms with E-state index in [0.29, 0.717) is 6.54 Å². The Morgan fingerprint density at radius 1 is 1.11 bits per heavy atom. The number of hydrogen-bond donors (Lipinski definition) is 1. The van der Waals surface area contributed by atoms with Gasteiger partial charge in [0.25, 0.3) is 5.69 Å². The van der Waals surface area contributed by atoms with Crippen LogP contribution in [0.2, 0.25) is 0 Å². The molecule has 0 fully saturated rings. The molecular formula is C17H18ClN6O2S-. The Labute approximate surface area is 166 Å². The molecule has 0 unspecified atom stereocenters. The molecule has 0 amide bonds. The van der Waals surface area contributed by atoms with Crippen molar-refractivity contribution in [2.75, 3.05) is 12.3 Å². The molecule has 0 aliphatic rings. The summed E-state index contributed by atoms with van der Waals surface area (Å²) in [6, 6.07) is 16.4. The van der Waals surface area contributed by atoms with E-state index in [2.05, 4.69) is 20.8 Å². The summed E-state index contributed by atoms with van der Waals surface area (Å²) >= 11 is 1.61. The molecule has 0 spiro atoms. The second-order valence-electron chi connectivity index (χ2n) is 5.51. The van der Waals surface area contributed by atoms with Gasteiger partial charge in [0.1, 0.15) is 0 Å². The lowest BCUT2D eigenvalue weighted by Crippen LogP contribution is -3.00. The third-order valence-electron chi connectivity index (χ3n) is 3.65. The summed E-state index contributed by atoms with van der Waals surface area (Å²) in [4.78, 5) is 10.2. The quantitative estimate of drug-likeness (QED) is 0.229. The smallest absolute Gasteiger partial charge is 0.269 e. The fourth-order valence-corrected chi connectivity index (χ4v) is 3.16. The topological polar surface area (TPSA) is 98.8 Å². The summed E-state index contributed by atoms with van der Waals surface area (Å²) in [7, 11) is 0. The normalized spacial score (nSPS) is 10.4. The van der Waals surface area contributed by atoms with Crippen molar-refractivity contribution in [3.63, 3.8) is 0 Å². The molecule has 27 heavy (non-hydrogen) atoms. The zero-order valence-electron chi connectivity index (χ0n) is 14.4. The minimum absolute atomic E-state index is 0. The van der Waals surface area contributed by atoms with E-state index in [9.17, 15) is 10.1 Å². The van der Waals surface area contributed by atoms with Crippen molar-refractivity contribution in [1.29, 1.82) is 0 Å². The molecule has 0 radical (unpaired) electrons. The van der Waals surface area contributed by atoms with Gasteiger partial charge >= 0.3 is 0 Å². The van der Waals surface area contributed by atoms with Gasteiger partial charge in [0.15, 0.2) is 0 Å². The largest absolute Gasteiger partial charge is 1.00 e. The highest BCUT2D eigenvalue weighted by Gasteiger charge is 2.08. The van der Waals surface area contributed by atoms with Crippen LogP contribution in [0.4, 0.5) is 5.69 Å². The molecule has 142 valence electrons. The summed E-state index contributed by atoms with van der Waals surface area (Å²) in [5.74, 6) is 0.889. The van der Waals surface area contributed by atoms with Gasteiger partial charge in [0, 0.05) is 24.4 Å². The van der Waals surface area contributed by atoms with E-state index in [1.165, 1.54) is 12.1 Å². The van der Waals surface area contributed by atoms with Crippen molar-refractivity contribution >= 4 is 17.4 Å². The lowest BCUT2D eigenvalue weighted by atomic mass is 10.2. The van der Waals surface area contributed by atoms with E-state index in [-0.39, 0.29) is 18.1 Å². The van der Waals surface area contributed by atoms with Crippen molar-refractivity contribution < 1.29 is 17.3 Å². The minimum Gasteiger partial charge on any atom is -1.00 e. The highest BCUT2D eigenvalue weighted by Crippen LogP contribution is 2.18. The lowest BCUT2D eigenvalue weighted by molar-refractivity contribution is -0.384. The third-order valence-corrected chi connectivity index (χ3v) is 4.65. The van der Waals surface area contributed by atoms with Crippen LogP contribution in [0.1, 0.15) is 12.0 Å². The standard InChI is InChI=1S/C17H18N6O2S.ClH/c24-23(25)16-9-7-14(8-10-16)13-18-11-4-12-26-17-19-20-21-22(17)15-5-2-1-3-6-15;/h1-3,5-10,18H,4,11-13H2;1H/p-1. The predicted molar refractivity (Wildman–Crippen MR) is 99.3 cm³/mol. The van der Waals surface area contributed by atoms with Crippen LogP contribution in [-0.4, -0.2) is 37.4 Å². The Morgan fingerprint density at radius 2 is 1.85 bits per heavy atom. The first-order chi connectivity index (χ1) is 12.7. The maximum Gasteiger partial charge on any atom is 0.269 e. The van der Waals surface area contributed by atoms with Gasteiger partial charge in [-0.1, -0.05) is 42.1 Å². The number of nitrogens with zero attached hydrogens (tertiary/aromatic N) is 5. The fourth-order valence-electron chi connectivity index (χ4n) is 2.33. The average Bonchev–Trinajstić information content (AvgIpc) is 3.14. The average molecular weight is 406 g/mol. The molecule has 0 atom stereocenters. The molecule has 2 aromatic carbocycles. The molecule has 1 aromatic heterocycles. The number of thioether (sulfide) groups is 1. The maximum atomic E-state index is 10.6. The second-order valence-corrected chi connectivity index (χ2v) is 6.57. The van der Waals surface area contributed by atoms with Crippen LogP contribution < -0.4 is 17.7 Å². The van der Waals surface area contributed by atoms with Crippen molar-refractivity contribution in [3.8, 4) is 5.69 Å². The predicted octanol–water partition coefficient (Wildman–Crippen LogP) is -0.153. The molecule has 0 saturated carbocycles. The minimum atomic E-state index is -0.391. The number of aromatic nitrogens is 4. The first-order valence-electron chi connectivity index (χ1n) is 8.15. The molecule has 0 aliphatic carbocycles. The Hall–Kier alpha value is -2.49. The maximum absolute atomic E-state index is 10.6. The number of tetrazole rings is 1. The van der Waals surface area contributed by atoms with Gasteiger partial charge in [-0.25, -0.2) is 0 Å². The highest BCUT2D eigenvalue weighted by molar-refractivity contribution is 7.99. The highest BCUT2D eigenvalue weighted by atomic mass is 35.5. The van der Waals surface area contributed by atoms with E-state index in [4.69, 9.17) is 0 Å². The number of non-ortho nitro benzene ring substituents is 1. The number of nitro groups is 1. The summed E-state index contributed by atoms with van der Waals surface area (Å²) in [5, 5.41) is 26.6. The van der Waals surface area contributed by atoms with Gasteiger partial charge in [-0.2, -0.15) is 4.68 Å². The monoisotopic (exact) mass is 405 g/mol. The zero-order valence-corrected chi connectivity index (χ0v) is 15.9. The molecular weight excluding hydrogens is 388 g/mol. The number of rotatable bonds is 9. The van der Waals surface area contributed by atoms with Crippen molar-refractivity contribution in [3.05, 3.63) is 70.3 Å².